The van der Waals surface area contributed by atoms with Gasteiger partial charge in [-0.2, -0.15) is 0 Å². The number of piperidine rings is 1. The van der Waals surface area contributed by atoms with E-state index in [2.05, 4.69) is 20.3 Å². The van der Waals surface area contributed by atoms with Crippen LogP contribution >= 0.6 is 0 Å². The van der Waals surface area contributed by atoms with Gasteiger partial charge in [0.25, 0.3) is 5.56 Å². The number of likely N-dealkylation sites (tertiary alicyclic amines) is 1. The molecular formula is C18H19FN6O2. The van der Waals surface area contributed by atoms with Gasteiger partial charge in [-0.15, -0.1) is 5.10 Å². The second kappa shape index (κ2) is 6.90. The zero-order valence-corrected chi connectivity index (χ0v) is 14.9. The van der Waals surface area contributed by atoms with Crippen molar-refractivity contribution in [2.45, 2.75) is 32.2 Å². The number of carbonyl (C=O) groups is 1. The number of aromatic nitrogens is 5. The third-order valence-corrected chi connectivity index (χ3v) is 4.94. The maximum Gasteiger partial charge on any atom is 0.281 e. The normalized spacial score (nSPS) is 15.4. The molecule has 0 bridgehead atoms. The van der Waals surface area contributed by atoms with Gasteiger partial charge in [0.15, 0.2) is 11.2 Å². The van der Waals surface area contributed by atoms with Crippen molar-refractivity contribution in [1.82, 2.24) is 29.9 Å². The molecule has 8 nitrogen and oxygen atoms in total. The Bertz CT molecular complexity index is 1050. The molecule has 1 amide bonds. The lowest BCUT2D eigenvalue weighted by atomic mass is 9.96. The molecule has 4 rings (SSSR count). The minimum atomic E-state index is -0.338. The van der Waals surface area contributed by atoms with Crippen LogP contribution in [0.1, 0.15) is 37.1 Å². The summed E-state index contributed by atoms with van der Waals surface area (Å²) in [5.41, 5.74) is 0.915. The van der Waals surface area contributed by atoms with Gasteiger partial charge in [-0.3, -0.25) is 9.59 Å². The molecule has 0 spiro atoms. The molecule has 1 aliphatic rings. The standard InChI is InChI=1S/C18H19FN6O2/c1-11(26)24-7-5-13(6-8-24)16-20-17-15(18(27)21-16)22-23-25(17)10-12-3-2-4-14(19)9-12/h2-4,9,13H,5-8,10H2,1H3,(H,20,21,27). The maximum atomic E-state index is 13.4. The van der Waals surface area contributed by atoms with Crippen LogP contribution in [0.3, 0.4) is 0 Å². The third kappa shape index (κ3) is 3.44. The van der Waals surface area contributed by atoms with E-state index in [1.807, 2.05) is 0 Å². The molecule has 0 atom stereocenters. The van der Waals surface area contributed by atoms with Crippen molar-refractivity contribution in [2.75, 3.05) is 13.1 Å². The lowest BCUT2D eigenvalue weighted by molar-refractivity contribution is -0.129. The molecule has 1 N–H and O–H groups in total. The van der Waals surface area contributed by atoms with Gasteiger partial charge in [0.05, 0.1) is 6.54 Å². The first-order valence-electron chi connectivity index (χ1n) is 8.84. The highest BCUT2D eigenvalue weighted by atomic mass is 19.1. The predicted octanol–water partition coefficient (Wildman–Crippen LogP) is 1.43. The summed E-state index contributed by atoms with van der Waals surface area (Å²) in [6.07, 6.45) is 1.47. The summed E-state index contributed by atoms with van der Waals surface area (Å²) in [4.78, 5) is 33.1. The van der Waals surface area contributed by atoms with E-state index in [4.69, 9.17) is 0 Å². The highest BCUT2D eigenvalue weighted by Crippen LogP contribution is 2.25. The van der Waals surface area contributed by atoms with Crippen LogP contribution in [0.15, 0.2) is 29.1 Å². The summed E-state index contributed by atoms with van der Waals surface area (Å²) < 4.78 is 14.9. The van der Waals surface area contributed by atoms with E-state index >= 15 is 0 Å². The Labute approximate surface area is 154 Å². The average molecular weight is 370 g/mol. The van der Waals surface area contributed by atoms with E-state index < -0.39 is 0 Å². The Balaban J connectivity index is 1.64. The topological polar surface area (TPSA) is 96.8 Å². The lowest BCUT2D eigenvalue weighted by Gasteiger charge is -2.30. The highest BCUT2D eigenvalue weighted by Gasteiger charge is 2.25. The van der Waals surface area contributed by atoms with Gasteiger partial charge in [-0.1, -0.05) is 17.3 Å². The van der Waals surface area contributed by atoms with Gasteiger partial charge in [-0.05, 0) is 30.5 Å². The number of amides is 1. The number of hydrogen-bond acceptors (Lipinski definition) is 5. The van der Waals surface area contributed by atoms with Gasteiger partial charge >= 0.3 is 0 Å². The summed E-state index contributed by atoms with van der Waals surface area (Å²) in [6.45, 7) is 3.11. The molecule has 27 heavy (non-hydrogen) atoms. The van der Waals surface area contributed by atoms with Crippen LogP contribution in [0.2, 0.25) is 0 Å². The Morgan fingerprint density at radius 1 is 1.33 bits per heavy atom. The molecule has 1 aromatic carbocycles. The van der Waals surface area contributed by atoms with Crippen molar-refractivity contribution in [1.29, 1.82) is 0 Å². The lowest BCUT2D eigenvalue weighted by Crippen LogP contribution is -2.37. The Morgan fingerprint density at radius 2 is 2.11 bits per heavy atom. The van der Waals surface area contributed by atoms with Gasteiger partial charge < -0.3 is 9.88 Å². The zero-order valence-electron chi connectivity index (χ0n) is 14.9. The molecule has 0 unspecified atom stereocenters. The molecule has 0 aliphatic carbocycles. The molecule has 1 saturated heterocycles. The molecule has 3 aromatic rings. The number of halogens is 1. The number of benzene rings is 1. The Morgan fingerprint density at radius 3 is 2.81 bits per heavy atom. The smallest absolute Gasteiger partial charge is 0.281 e. The number of nitrogens with one attached hydrogen (secondary N) is 1. The van der Waals surface area contributed by atoms with Crippen LogP contribution in [0, 0.1) is 5.82 Å². The monoisotopic (exact) mass is 370 g/mol. The minimum absolute atomic E-state index is 0.0581. The van der Waals surface area contributed by atoms with Crippen molar-refractivity contribution in [2.24, 2.45) is 0 Å². The SMILES string of the molecule is CC(=O)N1CCC(c2nc3c(nnn3Cc3cccc(F)c3)c(=O)[nH]2)CC1. The Hall–Kier alpha value is -3.10. The first kappa shape index (κ1) is 17.3. The molecule has 0 radical (unpaired) electrons. The fraction of sp³-hybridized carbons (Fsp3) is 0.389. The highest BCUT2D eigenvalue weighted by molar-refractivity contribution is 5.73. The number of H-pyrrole nitrogens is 1. The quantitative estimate of drug-likeness (QED) is 0.752. The van der Waals surface area contributed by atoms with E-state index in [0.717, 1.165) is 12.8 Å². The van der Waals surface area contributed by atoms with Crippen LogP contribution < -0.4 is 5.56 Å². The van der Waals surface area contributed by atoms with Crippen LogP contribution in [0.5, 0.6) is 0 Å². The number of fused-ring (bicyclic) bond motifs is 1. The molecule has 3 heterocycles. The first-order chi connectivity index (χ1) is 13.0. The second-order valence-corrected chi connectivity index (χ2v) is 6.78. The van der Waals surface area contributed by atoms with Crippen molar-refractivity contribution in [3.63, 3.8) is 0 Å². The molecule has 2 aromatic heterocycles. The number of aromatic amines is 1. The predicted molar refractivity (Wildman–Crippen MR) is 95.7 cm³/mol. The van der Waals surface area contributed by atoms with Gasteiger partial charge in [0.1, 0.15) is 11.6 Å². The van der Waals surface area contributed by atoms with Gasteiger partial charge in [0, 0.05) is 25.9 Å². The van der Waals surface area contributed by atoms with Crippen LogP contribution in [0.25, 0.3) is 11.2 Å². The fourth-order valence-corrected chi connectivity index (χ4v) is 3.46. The Kier molecular flexibility index (Phi) is 4.43. The number of nitrogens with zero attached hydrogens (tertiary/aromatic N) is 5. The van der Waals surface area contributed by atoms with E-state index in [1.54, 1.807) is 24.0 Å². The molecule has 0 saturated carbocycles. The number of carbonyl (C=O) groups excluding carboxylic acids is 1. The summed E-state index contributed by atoms with van der Waals surface area (Å²) in [6, 6.07) is 6.19. The number of rotatable bonds is 3. The first-order valence-corrected chi connectivity index (χ1v) is 8.84. The minimum Gasteiger partial charge on any atom is -0.343 e. The van der Waals surface area contributed by atoms with Crippen molar-refractivity contribution >= 4 is 17.1 Å². The average Bonchev–Trinajstić information content (AvgIpc) is 3.05. The fourth-order valence-electron chi connectivity index (χ4n) is 3.46. The molecular weight excluding hydrogens is 351 g/mol. The number of hydrogen-bond donors (Lipinski definition) is 1. The molecule has 1 fully saturated rings. The van der Waals surface area contributed by atoms with E-state index in [-0.39, 0.29) is 35.3 Å². The summed E-state index contributed by atoms with van der Waals surface area (Å²) in [5, 5.41) is 7.93. The van der Waals surface area contributed by atoms with Crippen molar-refractivity contribution in [3.05, 3.63) is 51.8 Å². The van der Waals surface area contributed by atoms with Gasteiger partial charge in [-0.25, -0.2) is 14.1 Å². The van der Waals surface area contributed by atoms with Crippen molar-refractivity contribution in [3.8, 4) is 0 Å². The molecule has 1 aliphatic heterocycles. The van der Waals surface area contributed by atoms with E-state index in [9.17, 15) is 14.0 Å². The summed E-state index contributed by atoms with van der Waals surface area (Å²) in [5.74, 6) is 0.372. The second-order valence-electron chi connectivity index (χ2n) is 6.78. The molecule has 9 heteroatoms. The third-order valence-electron chi connectivity index (χ3n) is 4.94. The van der Waals surface area contributed by atoms with Crippen molar-refractivity contribution < 1.29 is 9.18 Å². The summed E-state index contributed by atoms with van der Waals surface area (Å²) in [7, 11) is 0. The van der Waals surface area contributed by atoms with E-state index in [1.165, 1.54) is 16.8 Å². The van der Waals surface area contributed by atoms with Crippen LogP contribution in [-0.4, -0.2) is 48.9 Å². The maximum absolute atomic E-state index is 13.4. The van der Waals surface area contributed by atoms with Crippen LogP contribution in [-0.2, 0) is 11.3 Å². The largest absolute Gasteiger partial charge is 0.343 e. The van der Waals surface area contributed by atoms with Gasteiger partial charge in [0.2, 0.25) is 5.91 Å². The summed E-state index contributed by atoms with van der Waals surface area (Å²) >= 11 is 0. The van der Waals surface area contributed by atoms with Crippen LogP contribution in [0.4, 0.5) is 4.39 Å². The zero-order chi connectivity index (χ0) is 19.0. The van der Waals surface area contributed by atoms with E-state index in [0.29, 0.717) is 30.1 Å². The molecule has 140 valence electrons.